The molecule has 0 aliphatic carbocycles. The summed E-state index contributed by atoms with van der Waals surface area (Å²) in [5, 5.41) is 9.82. The lowest BCUT2D eigenvalue weighted by Crippen LogP contribution is -2.56. The Morgan fingerprint density at radius 3 is 2.29 bits per heavy atom. The summed E-state index contributed by atoms with van der Waals surface area (Å²) < 4.78 is 0. The number of carboxylic acids is 1. The van der Waals surface area contributed by atoms with Gasteiger partial charge in [0.15, 0.2) is 0 Å². The number of nitrogens with two attached hydrogens (primary N) is 1. The highest BCUT2D eigenvalue weighted by Gasteiger charge is 2.50. The average Bonchev–Trinajstić information content (AvgIpc) is 2.94. The molecule has 3 aliphatic heterocycles. The van der Waals surface area contributed by atoms with Gasteiger partial charge in [-0.15, -0.1) is 0 Å². The molecule has 2 aromatic rings. The van der Waals surface area contributed by atoms with E-state index in [2.05, 4.69) is 0 Å². The minimum Gasteiger partial charge on any atom is -0.480 e. The zero-order valence-electron chi connectivity index (χ0n) is 16.7. The first-order valence-corrected chi connectivity index (χ1v) is 10.3. The van der Waals surface area contributed by atoms with Crippen LogP contribution in [0.1, 0.15) is 57.1 Å². The highest BCUT2D eigenvalue weighted by Crippen LogP contribution is 2.41. The van der Waals surface area contributed by atoms with Crippen LogP contribution in [0, 0.1) is 0 Å². The Hall–Kier alpha value is -3.68. The SMILES string of the molecule is Nc1ccc2c(c1)[C@H]1CCC[C@@H](C(=O)O)N1C(=O)[C@@H](N1C(=O)c3ccccc3C1=O)C2. The van der Waals surface area contributed by atoms with Crippen LogP contribution in [-0.4, -0.2) is 50.7 Å². The zero-order chi connectivity index (χ0) is 21.9. The van der Waals surface area contributed by atoms with Gasteiger partial charge < -0.3 is 15.7 Å². The van der Waals surface area contributed by atoms with Gasteiger partial charge in [-0.05, 0) is 54.7 Å². The van der Waals surface area contributed by atoms with Crippen molar-refractivity contribution < 1.29 is 24.3 Å². The van der Waals surface area contributed by atoms with Crippen molar-refractivity contribution in [3.63, 3.8) is 0 Å². The van der Waals surface area contributed by atoms with E-state index >= 15 is 0 Å². The predicted molar refractivity (Wildman–Crippen MR) is 110 cm³/mol. The largest absolute Gasteiger partial charge is 0.480 e. The Labute approximate surface area is 178 Å². The summed E-state index contributed by atoms with van der Waals surface area (Å²) in [5.41, 5.74) is 8.62. The van der Waals surface area contributed by atoms with Gasteiger partial charge in [0.1, 0.15) is 12.1 Å². The van der Waals surface area contributed by atoms with Gasteiger partial charge >= 0.3 is 5.97 Å². The van der Waals surface area contributed by atoms with Crippen molar-refractivity contribution in [2.45, 2.75) is 43.8 Å². The number of nitrogens with zero attached hydrogens (tertiary/aromatic N) is 2. The Kier molecular flexibility index (Phi) is 4.32. The normalized spacial score (nSPS) is 25.0. The van der Waals surface area contributed by atoms with Crippen LogP contribution in [0.2, 0.25) is 0 Å². The molecule has 0 unspecified atom stereocenters. The van der Waals surface area contributed by atoms with Crippen molar-refractivity contribution in [2.24, 2.45) is 0 Å². The van der Waals surface area contributed by atoms with Crippen molar-refractivity contribution in [2.75, 3.05) is 5.73 Å². The molecule has 8 nitrogen and oxygen atoms in total. The van der Waals surface area contributed by atoms with Crippen molar-refractivity contribution in [3.8, 4) is 0 Å². The maximum Gasteiger partial charge on any atom is 0.326 e. The van der Waals surface area contributed by atoms with E-state index in [1.54, 1.807) is 42.5 Å². The molecule has 0 aromatic heterocycles. The highest BCUT2D eigenvalue weighted by molar-refractivity contribution is 6.23. The molecule has 31 heavy (non-hydrogen) atoms. The number of piperidine rings is 1. The molecule has 0 bridgehead atoms. The van der Waals surface area contributed by atoms with E-state index in [-0.39, 0.29) is 17.5 Å². The van der Waals surface area contributed by atoms with Gasteiger partial charge in [-0.3, -0.25) is 19.3 Å². The fraction of sp³-hybridized carbons (Fsp3) is 0.304. The third-order valence-electron chi connectivity index (χ3n) is 6.53. The molecule has 2 aromatic carbocycles. The van der Waals surface area contributed by atoms with Crippen LogP contribution in [0.4, 0.5) is 5.69 Å². The second-order valence-electron chi connectivity index (χ2n) is 8.25. The van der Waals surface area contributed by atoms with Crippen LogP contribution < -0.4 is 5.73 Å². The molecule has 8 heteroatoms. The molecule has 3 aliphatic rings. The van der Waals surface area contributed by atoms with Crippen molar-refractivity contribution in [1.82, 2.24) is 9.80 Å². The van der Waals surface area contributed by atoms with Crippen LogP contribution in [-0.2, 0) is 16.0 Å². The van der Waals surface area contributed by atoms with Crippen LogP contribution in [0.15, 0.2) is 42.5 Å². The summed E-state index contributed by atoms with van der Waals surface area (Å²) in [5.74, 6) is -2.66. The molecule has 1 fully saturated rings. The number of rotatable bonds is 2. The Morgan fingerprint density at radius 2 is 1.65 bits per heavy atom. The summed E-state index contributed by atoms with van der Waals surface area (Å²) >= 11 is 0. The van der Waals surface area contributed by atoms with Crippen LogP contribution in [0.3, 0.4) is 0 Å². The van der Waals surface area contributed by atoms with Crippen molar-refractivity contribution in [1.29, 1.82) is 0 Å². The maximum atomic E-state index is 13.8. The number of imide groups is 1. The first-order valence-electron chi connectivity index (χ1n) is 10.3. The third kappa shape index (κ3) is 2.82. The number of nitrogen functional groups attached to an aromatic ring is 1. The van der Waals surface area contributed by atoms with Gasteiger partial charge in [0.2, 0.25) is 5.91 Å². The lowest BCUT2D eigenvalue weighted by molar-refractivity contribution is -0.156. The van der Waals surface area contributed by atoms with Crippen molar-refractivity contribution >= 4 is 29.4 Å². The summed E-state index contributed by atoms with van der Waals surface area (Å²) in [4.78, 5) is 54.4. The number of benzene rings is 2. The summed E-state index contributed by atoms with van der Waals surface area (Å²) in [6.45, 7) is 0. The predicted octanol–water partition coefficient (Wildman–Crippen LogP) is 2.00. The number of amides is 3. The fourth-order valence-electron chi connectivity index (χ4n) is 5.12. The van der Waals surface area contributed by atoms with Crippen LogP contribution in [0.25, 0.3) is 0 Å². The molecule has 158 valence electrons. The van der Waals surface area contributed by atoms with Gasteiger partial charge in [0.05, 0.1) is 17.2 Å². The van der Waals surface area contributed by atoms with Crippen LogP contribution in [0.5, 0.6) is 0 Å². The molecule has 5 rings (SSSR count). The van der Waals surface area contributed by atoms with E-state index < -0.39 is 41.8 Å². The molecule has 3 heterocycles. The van der Waals surface area contributed by atoms with Gasteiger partial charge in [-0.25, -0.2) is 4.79 Å². The van der Waals surface area contributed by atoms with E-state index in [0.29, 0.717) is 24.9 Å². The molecule has 3 N–H and O–H groups in total. The standard InChI is InChI=1S/C23H21N3O5/c24-13-9-8-12-10-19(26-20(27)14-4-1-2-5-15(14)21(26)28)22(29)25-17(16(12)11-13)6-3-7-18(25)23(30)31/h1-2,4-5,8-9,11,17-19H,3,6-7,10,24H2,(H,30,31)/t17-,18+,19+/m1/s1. The number of carbonyl (C=O) groups excluding carboxylic acids is 3. The summed E-state index contributed by atoms with van der Waals surface area (Å²) in [6, 6.07) is 9.17. The van der Waals surface area contributed by atoms with E-state index in [4.69, 9.17) is 5.73 Å². The second kappa shape index (κ2) is 6.94. The summed E-state index contributed by atoms with van der Waals surface area (Å²) in [6.07, 6.45) is 1.70. The first kappa shape index (κ1) is 19.3. The number of aliphatic carboxylic acids is 1. The fourth-order valence-corrected chi connectivity index (χ4v) is 5.12. The Bertz CT molecular complexity index is 1110. The molecular weight excluding hydrogens is 398 g/mol. The number of fused-ring (bicyclic) bond motifs is 4. The van der Waals surface area contributed by atoms with Gasteiger partial charge in [0.25, 0.3) is 11.8 Å². The van der Waals surface area contributed by atoms with Gasteiger partial charge in [-0.2, -0.15) is 0 Å². The number of anilines is 1. The molecule has 3 atom stereocenters. The molecular formula is C23H21N3O5. The lowest BCUT2D eigenvalue weighted by atomic mass is 9.89. The third-order valence-corrected chi connectivity index (χ3v) is 6.53. The number of carboxylic acid groups (broad SMARTS) is 1. The molecule has 0 saturated carbocycles. The van der Waals surface area contributed by atoms with E-state index in [1.807, 2.05) is 0 Å². The topological polar surface area (TPSA) is 121 Å². The molecule has 0 spiro atoms. The quantitative estimate of drug-likeness (QED) is 0.567. The van der Waals surface area contributed by atoms with E-state index in [0.717, 1.165) is 16.0 Å². The lowest BCUT2D eigenvalue weighted by Gasteiger charge is -2.41. The number of carbonyl (C=O) groups is 4. The Morgan fingerprint density at radius 1 is 0.968 bits per heavy atom. The average molecular weight is 419 g/mol. The molecule has 0 radical (unpaired) electrons. The second-order valence-corrected chi connectivity index (χ2v) is 8.25. The first-order chi connectivity index (χ1) is 14.9. The van der Waals surface area contributed by atoms with Crippen LogP contribution >= 0.6 is 0 Å². The maximum absolute atomic E-state index is 13.8. The zero-order valence-corrected chi connectivity index (χ0v) is 16.7. The Balaban J connectivity index is 1.65. The molecule has 3 amide bonds. The van der Waals surface area contributed by atoms with E-state index in [9.17, 15) is 24.3 Å². The van der Waals surface area contributed by atoms with Crippen molar-refractivity contribution in [3.05, 3.63) is 64.7 Å². The van der Waals surface area contributed by atoms with E-state index in [1.165, 1.54) is 4.90 Å². The summed E-state index contributed by atoms with van der Waals surface area (Å²) in [7, 11) is 0. The smallest absolute Gasteiger partial charge is 0.326 e. The molecule has 1 saturated heterocycles. The number of hydrogen-bond donors (Lipinski definition) is 2. The highest BCUT2D eigenvalue weighted by atomic mass is 16.4. The van der Waals surface area contributed by atoms with Gasteiger partial charge in [0, 0.05) is 12.1 Å². The minimum atomic E-state index is -1.11. The monoisotopic (exact) mass is 419 g/mol. The minimum absolute atomic E-state index is 0.124. The van der Waals surface area contributed by atoms with Gasteiger partial charge in [-0.1, -0.05) is 18.2 Å². The number of hydrogen-bond acceptors (Lipinski definition) is 5.